The molecular formula is C12H15F3N2O4S. The molecule has 0 saturated heterocycles. The van der Waals surface area contributed by atoms with Gasteiger partial charge in [-0.05, 0) is 19.1 Å². The Morgan fingerprint density at radius 1 is 1.36 bits per heavy atom. The molecule has 22 heavy (non-hydrogen) atoms. The van der Waals surface area contributed by atoms with E-state index < -0.39 is 45.3 Å². The van der Waals surface area contributed by atoms with Crippen LogP contribution in [0.5, 0.6) is 5.75 Å². The number of hydrogen-bond donors (Lipinski definition) is 2. The number of alkyl halides is 3. The van der Waals surface area contributed by atoms with E-state index >= 15 is 0 Å². The van der Waals surface area contributed by atoms with Crippen LogP contribution in [0.2, 0.25) is 0 Å². The molecule has 124 valence electrons. The van der Waals surface area contributed by atoms with E-state index in [9.17, 15) is 26.4 Å². The van der Waals surface area contributed by atoms with Gasteiger partial charge in [0.05, 0.1) is 11.3 Å². The second-order valence-corrected chi connectivity index (χ2v) is 6.15. The third kappa shape index (κ3) is 5.90. The smallest absolute Gasteiger partial charge is 0.419 e. The summed E-state index contributed by atoms with van der Waals surface area (Å²) in [6, 6.07) is 4.47. The molecule has 1 rings (SSSR count). The van der Waals surface area contributed by atoms with E-state index in [-0.39, 0.29) is 6.54 Å². The molecular weight excluding hydrogens is 325 g/mol. The number of amides is 1. The number of para-hydroxylation sites is 1. The highest BCUT2D eigenvalue weighted by Crippen LogP contribution is 2.36. The monoisotopic (exact) mass is 340 g/mol. The second kappa shape index (κ2) is 6.97. The Bertz CT molecular complexity index is 632. The quantitative estimate of drug-likeness (QED) is 0.803. The molecule has 10 heteroatoms. The molecule has 0 unspecified atom stereocenters. The Balaban J connectivity index is 2.69. The minimum Gasteiger partial charge on any atom is -0.480 e. The summed E-state index contributed by atoms with van der Waals surface area (Å²) in [6.45, 7) is 0.992. The van der Waals surface area contributed by atoms with Gasteiger partial charge in [0.1, 0.15) is 5.75 Å². The molecule has 0 spiro atoms. The standard InChI is InChI=1S/C12H15F3N2O4S/c1-8(11(18)17-6-7-22(16,19)20)21-10-5-3-2-4-9(10)12(13,14)15/h2-5,8H,6-7H2,1H3,(H,17,18)(H2,16,19,20)/t8-/m0/s1. The third-order valence-corrected chi connectivity index (χ3v) is 3.32. The Kier molecular flexibility index (Phi) is 5.78. The zero-order valence-electron chi connectivity index (χ0n) is 11.6. The van der Waals surface area contributed by atoms with Crippen molar-refractivity contribution in [2.75, 3.05) is 12.3 Å². The lowest BCUT2D eigenvalue weighted by atomic mass is 10.2. The molecule has 1 aromatic rings. The topological polar surface area (TPSA) is 98.5 Å². The first-order chi connectivity index (χ1) is 10.0. The van der Waals surface area contributed by atoms with Gasteiger partial charge in [-0.3, -0.25) is 4.79 Å². The van der Waals surface area contributed by atoms with Crippen molar-refractivity contribution in [1.29, 1.82) is 0 Å². The van der Waals surface area contributed by atoms with Crippen LogP contribution in [0.15, 0.2) is 24.3 Å². The van der Waals surface area contributed by atoms with Gasteiger partial charge >= 0.3 is 6.18 Å². The second-order valence-electron chi connectivity index (χ2n) is 4.41. The maximum Gasteiger partial charge on any atom is 0.419 e. The molecule has 0 heterocycles. The van der Waals surface area contributed by atoms with Gasteiger partial charge in [0.15, 0.2) is 6.10 Å². The molecule has 0 aliphatic heterocycles. The molecule has 0 fully saturated rings. The fraction of sp³-hybridized carbons (Fsp3) is 0.417. The summed E-state index contributed by atoms with van der Waals surface area (Å²) < 4.78 is 64.7. The molecule has 0 aromatic heterocycles. The van der Waals surface area contributed by atoms with Crippen molar-refractivity contribution >= 4 is 15.9 Å². The van der Waals surface area contributed by atoms with Crippen LogP contribution < -0.4 is 15.2 Å². The number of benzene rings is 1. The zero-order chi connectivity index (χ0) is 17.0. The average Bonchev–Trinajstić information content (AvgIpc) is 2.36. The number of primary sulfonamides is 1. The number of sulfonamides is 1. The molecule has 0 saturated carbocycles. The summed E-state index contributed by atoms with van der Waals surface area (Å²) in [4.78, 5) is 11.6. The van der Waals surface area contributed by atoms with Gasteiger partial charge in [0.2, 0.25) is 10.0 Å². The summed E-state index contributed by atoms with van der Waals surface area (Å²) in [5, 5.41) is 6.97. The van der Waals surface area contributed by atoms with Crippen LogP contribution in [0.1, 0.15) is 12.5 Å². The van der Waals surface area contributed by atoms with E-state index in [1.807, 2.05) is 0 Å². The average molecular weight is 340 g/mol. The number of rotatable bonds is 6. The number of halogens is 3. The zero-order valence-corrected chi connectivity index (χ0v) is 12.4. The Morgan fingerprint density at radius 3 is 2.50 bits per heavy atom. The minimum absolute atomic E-state index is 0.258. The number of nitrogens with one attached hydrogen (secondary N) is 1. The first kappa shape index (κ1) is 18.2. The summed E-state index contributed by atoms with van der Waals surface area (Å²) in [5.74, 6) is -1.71. The summed E-state index contributed by atoms with van der Waals surface area (Å²) in [6.07, 6.45) is -5.84. The highest BCUT2D eigenvalue weighted by molar-refractivity contribution is 7.89. The van der Waals surface area contributed by atoms with E-state index in [4.69, 9.17) is 9.88 Å². The molecule has 1 amide bonds. The highest BCUT2D eigenvalue weighted by atomic mass is 32.2. The van der Waals surface area contributed by atoms with E-state index in [1.165, 1.54) is 19.1 Å². The lowest BCUT2D eigenvalue weighted by molar-refractivity contribution is -0.140. The van der Waals surface area contributed by atoms with E-state index in [0.29, 0.717) is 0 Å². The summed E-state index contributed by atoms with van der Waals surface area (Å²) in [5.41, 5.74) is -1.00. The van der Waals surface area contributed by atoms with E-state index in [1.54, 1.807) is 0 Å². The van der Waals surface area contributed by atoms with Gasteiger partial charge in [-0.25, -0.2) is 13.6 Å². The van der Waals surface area contributed by atoms with Crippen molar-refractivity contribution in [1.82, 2.24) is 5.32 Å². The van der Waals surface area contributed by atoms with Crippen LogP contribution >= 0.6 is 0 Å². The molecule has 1 atom stereocenters. The summed E-state index contributed by atoms with van der Waals surface area (Å²) in [7, 11) is -3.73. The fourth-order valence-electron chi connectivity index (χ4n) is 1.51. The predicted octanol–water partition coefficient (Wildman–Crippen LogP) is 0.877. The molecule has 3 N–H and O–H groups in total. The minimum atomic E-state index is -4.61. The Hall–Kier alpha value is -1.81. The maximum absolute atomic E-state index is 12.8. The summed E-state index contributed by atoms with van der Waals surface area (Å²) >= 11 is 0. The first-order valence-corrected chi connectivity index (χ1v) is 7.83. The van der Waals surface area contributed by atoms with Gasteiger partial charge in [-0.2, -0.15) is 13.2 Å². The number of nitrogens with two attached hydrogens (primary N) is 1. The van der Waals surface area contributed by atoms with Crippen molar-refractivity contribution in [3.8, 4) is 5.75 Å². The number of ether oxygens (including phenoxy) is 1. The Morgan fingerprint density at radius 2 is 1.95 bits per heavy atom. The predicted molar refractivity (Wildman–Crippen MR) is 72.5 cm³/mol. The van der Waals surface area contributed by atoms with Crippen molar-refractivity contribution < 1.29 is 31.1 Å². The van der Waals surface area contributed by atoms with Crippen LogP contribution in [0.3, 0.4) is 0 Å². The number of carbonyl (C=O) groups excluding carboxylic acids is 1. The molecule has 6 nitrogen and oxygen atoms in total. The largest absolute Gasteiger partial charge is 0.480 e. The van der Waals surface area contributed by atoms with Gasteiger partial charge in [0, 0.05) is 6.54 Å². The fourth-order valence-corrected chi connectivity index (χ4v) is 1.89. The van der Waals surface area contributed by atoms with Gasteiger partial charge in [-0.15, -0.1) is 0 Å². The van der Waals surface area contributed by atoms with Gasteiger partial charge in [0.25, 0.3) is 5.91 Å². The maximum atomic E-state index is 12.8. The van der Waals surface area contributed by atoms with Crippen LogP contribution in [0.25, 0.3) is 0 Å². The molecule has 0 radical (unpaired) electrons. The molecule has 0 aliphatic rings. The molecule has 0 aliphatic carbocycles. The number of hydrogen-bond acceptors (Lipinski definition) is 4. The van der Waals surface area contributed by atoms with Crippen LogP contribution in [-0.2, 0) is 21.0 Å². The third-order valence-electron chi connectivity index (χ3n) is 2.55. The van der Waals surface area contributed by atoms with E-state index in [0.717, 1.165) is 12.1 Å². The lowest BCUT2D eigenvalue weighted by Gasteiger charge is -2.18. The lowest BCUT2D eigenvalue weighted by Crippen LogP contribution is -2.39. The van der Waals surface area contributed by atoms with Crippen molar-refractivity contribution in [2.45, 2.75) is 19.2 Å². The molecule has 0 bridgehead atoms. The number of carbonyl (C=O) groups is 1. The van der Waals surface area contributed by atoms with E-state index in [2.05, 4.69) is 5.32 Å². The van der Waals surface area contributed by atoms with Crippen LogP contribution in [0, 0.1) is 0 Å². The van der Waals surface area contributed by atoms with Crippen molar-refractivity contribution in [2.24, 2.45) is 5.14 Å². The Labute approximate surface area is 125 Å². The van der Waals surface area contributed by atoms with Crippen molar-refractivity contribution in [3.63, 3.8) is 0 Å². The highest BCUT2D eigenvalue weighted by Gasteiger charge is 2.34. The first-order valence-electron chi connectivity index (χ1n) is 6.12. The van der Waals surface area contributed by atoms with Gasteiger partial charge < -0.3 is 10.1 Å². The van der Waals surface area contributed by atoms with Gasteiger partial charge in [-0.1, -0.05) is 12.1 Å². The van der Waals surface area contributed by atoms with Crippen molar-refractivity contribution in [3.05, 3.63) is 29.8 Å². The van der Waals surface area contributed by atoms with Crippen LogP contribution in [0.4, 0.5) is 13.2 Å². The van der Waals surface area contributed by atoms with Crippen LogP contribution in [-0.4, -0.2) is 32.7 Å². The molecule has 1 aromatic carbocycles. The SMILES string of the molecule is C[C@H](Oc1ccccc1C(F)(F)F)C(=O)NCCS(N)(=O)=O. The normalized spacial score (nSPS) is 13.5.